The molecule has 33 heavy (non-hydrogen) atoms. The van der Waals surface area contributed by atoms with Crippen molar-refractivity contribution in [2.75, 3.05) is 34.4 Å². The van der Waals surface area contributed by atoms with E-state index in [1.165, 1.54) is 25.2 Å². The summed E-state index contributed by atoms with van der Waals surface area (Å²) in [6.45, 7) is 0.907. The summed E-state index contributed by atoms with van der Waals surface area (Å²) in [5.74, 6) is 0.431. The van der Waals surface area contributed by atoms with Crippen LogP contribution in [0.3, 0.4) is 0 Å². The van der Waals surface area contributed by atoms with Gasteiger partial charge in [0.25, 0.3) is 5.91 Å². The molecule has 0 unspecified atom stereocenters. The largest absolute Gasteiger partial charge is 0.497 e. The topological polar surface area (TPSA) is 59.1 Å². The second-order valence-electron chi connectivity index (χ2n) is 8.06. The van der Waals surface area contributed by atoms with Crippen LogP contribution >= 0.6 is 0 Å². The van der Waals surface area contributed by atoms with E-state index in [2.05, 4.69) is 0 Å². The van der Waals surface area contributed by atoms with Gasteiger partial charge in [0.2, 0.25) is 5.91 Å². The first kappa shape index (κ1) is 24.4. The Balaban J connectivity index is 1.59. The summed E-state index contributed by atoms with van der Waals surface area (Å²) in [7, 11) is 4.61. The third kappa shape index (κ3) is 5.97. The molecular weight excluding hydrogens is 437 g/mol. The van der Waals surface area contributed by atoms with Crippen molar-refractivity contribution in [3.8, 4) is 11.5 Å². The van der Waals surface area contributed by atoms with Crippen molar-refractivity contribution in [3.05, 3.63) is 59.2 Å². The van der Waals surface area contributed by atoms with Crippen molar-refractivity contribution < 1.29 is 32.2 Å². The third-order valence-corrected chi connectivity index (χ3v) is 5.78. The molecule has 1 aliphatic rings. The number of likely N-dealkylation sites (tertiary alicyclic amines) is 1. The Hall–Kier alpha value is -3.23. The third-order valence-electron chi connectivity index (χ3n) is 5.78. The molecule has 0 radical (unpaired) electrons. The van der Waals surface area contributed by atoms with Gasteiger partial charge in [-0.25, -0.2) is 0 Å². The van der Waals surface area contributed by atoms with Gasteiger partial charge < -0.3 is 19.3 Å². The molecule has 1 aliphatic heterocycles. The lowest BCUT2D eigenvalue weighted by Crippen LogP contribution is -2.43. The first-order valence-corrected chi connectivity index (χ1v) is 10.6. The molecule has 0 aliphatic carbocycles. The number of benzene rings is 2. The first-order valence-electron chi connectivity index (χ1n) is 10.6. The van der Waals surface area contributed by atoms with Crippen LogP contribution in [0.4, 0.5) is 13.2 Å². The average molecular weight is 464 g/mol. The molecule has 1 heterocycles. The number of alkyl halides is 3. The van der Waals surface area contributed by atoms with Crippen LogP contribution in [0.25, 0.3) is 0 Å². The average Bonchev–Trinajstić information content (AvgIpc) is 2.82. The molecular formula is C24H27F3N2O4. The zero-order valence-corrected chi connectivity index (χ0v) is 18.8. The predicted molar refractivity (Wildman–Crippen MR) is 116 cm³/mol. The molecule has 1 saturated heterocycles. The van der Waals surface area contributed by atoms with Gasteiger partial charge >= 0.3 is 6.18 Å². The fraction of sp³-hybridized carbons (Fsp3) is 0.417. The van der Waals surface area contributed by atoms with E-state index in [1.54, 1.807) is 36.2 Å². The summed E-state index contributed by atoms with van der Waals surface area (Å²) in [6.07, 6.45) is -3.46. The number of carbonyl (C=O) groups is 2. The fourth-order valence-corrected chi connectivity index (χ4v) is 3.95. The summed E-state index contributed by atoms with van der Waals surface area (Å²) in [5, 5.41) is 0. The number of carbonyl (C=O) groups excluding carboxylic acids is 2. The number of hydrogen-bond acceptors (Lipinski definition) is 4. The lowest BCUT2D eigenvalue weighted by molar-refractivity contribution is -0.137. The maximum atomic E-state index is 12.9. The van der Waals surface area contributed by atoms with Crippen molar-refractivity contribution >= 4 is 11.8 Å². The van der Waals surface area contributed by atoms with Crippen molar-refractivity contribution in [1.29, 1.82) is 0 Å². The SMILES string of the molecule is COc1cc(OC)cc(C(=O)N2CCC(C(=O)N(C)Cc3cccc(C(F)(F)F)c3)CC2)c1. The molecule has 0 saturated carbocycles. The zero-order valence-electron chi connectivity index (χ0n) is 18.8. The number of hydrogen-bond donors (Lipinski definition) is 0. The molecule has 6 nitrogen and oxygen atoms in total. The van der Waals surface area contributed by atoms with Gasteiger partial charge in [-0.1, -0.05) is 12.1 Å². The summed E-state index contributed by atoms with van der Waals surface area (Å²) in [4.78, 5) is 28.9. The highest BCUT2D eigenvalue weighted by Gasteiger charge is 2.32. The van der Waals surface area contributed by atoms with Crippen molar-refractivity contribution in [2.24, 2.45) is 5.92 Å². The monoisotopic (exact) mass is 464 g/mol. The second-order valence-corrected chi connectivity index (χ2v) is 8.06. The number of halogens is 3. The minimum atomic E-state index is -4.43. The normalized spacial score (nSPS) is 14.7. The van der Waals surface area contributed by atoms with Crippen molar-refractivity contribution in [1.82, 2.24) is 9.80 Å². The minimum Gasteiger partial charge on any atom is -0.497 e. The van der Waals surface area contributed by atoms with Gasteiger partial charge in [-0.15, -0.1) is 0 Å². The van der Waals surface area contributed by atoms with Crippen molar-refractivity contribution in [2.45, 2.75) is 25.6 Å². The Morgan fingerprint density at radius 1 is 1.03 bits per heavy atom. The van der Waals surface area contributed by atoms with Gasteiger partial charge in [0.05, 0.1) is 19.8 Å². The predicted octanol–water partition coefficient (Wildman–Crippen LogP) is 4.23. The molecule has 0 N–H and O–H groups in total. The summed E-state index contributed by atoms with van der Waals surface area (Å²) in [6, 6.07) is 9.96. The molecule has 2 aromatic carbocycles. The first-order chi connectivity index (χ1) is 15.6. The standard InChI is InChI=1S/C24H27F3N2O4/c1-28(15-16-5-4-6-19(11-16)24(25,26)27)22(30)17-7-9-29(10-8-17)23(31)18-12-20(32-2)14-21(13-18)33-3/h4-6,11-14,17H,7-10,15H2,1-3H3. The van der Waals surface area contributed by atoms with Crippen LogP contribution in [-0.2, 0) is 17.5 Å². The van der Waals surface area contributed by atoms with Crippen LogP contribution in [0.5, 0.6) is 11.5 Å². The number of methoxy groups -OCH3 is 2. The van der Waals surface area contributed by atoms with Crippen LogP contribution in [0.2, 0.25) is 0 Å². The van der Waals surface area contributed by atoms with Gasteiger partial charge in [0, 0.05) is 44.2 Å². The molecule has 3 rings (SSSR count). The van der Waals surface area contributed by atoms with Crippen LogP contribution in [-0.4, -0.2) is 56.0 Å². The van der Waals surface area contributed by atoms with E-state index in [-0.39, 0.29) is 24.3 Å². The number of amides is 2. The Morgan fingerprint density at radius 3 is 2.18 bits per heavy atom. The van der Waals surface area contributed by atoms with E-state index in [1.807, 2.05) is 0 Å². The van der Waals surface area contributed by atoms with Gasteiger partial charge in [-0.2, -0.15) is 13.2 Å². The Morgan fingerprint density at radius 2 is 1.64 bits per heavy atom. The van der Waals surface area contributed by atoms with Crippen LogP contribution in [0, 0.1) is 5.92 Å². The van der Waals surface area contributed by atoms with E-state index in [0.717, 1.165) is 12.1 Å². The molecule has 2 amide bonds. The second kappa shape index (κ2) is 10.1. The maximum Gasteiger partial charge on any atom is 0.416 e. The van der Waals surface area contributed by atoms with Gasteiger partial charge in [-0.3, -0.25) is 9.59 Å². The van der Waals surface area contributed by atoms with Gasteiger partial charge in [0.1, 0.15) is 11.5 Å². The molecule has 0 spiro atoms. The summed E-state index contributed by atoms with van der Waals surface area (Å²) >= 11 is 0. The highest BCUT2D eigenvalue weighted by molar-refractivity contribution is 5.95. The molecule has 0 atom stereocenters. The Kier molecular flexibility index (Phi) is 7.50. The van der Waals surface area contributed by atoms with E-state index < -0.39 is 11.7 Å². The number of piperidine rings is 1. The lowest BCUT2D eigenvalue weighted by atomic mass is 9.94. The van der Waals surface area contributed by atoms with Gasteiger partial charge in [0.15, 0.2) is 0 Å². The number of nitrogens with zero attached hydrogens (tertiary/aromatic N) is 2. The number of rotatable bonds is 6. The van der Waals surface area contributed by atoms with Crippen LogP contribution in [0.15, 0.2) is 42.5 Å². The quantitative estimate of drug-likeness (QED) is 0.642. The molecule has 2 aromatic rings. The maximum absolute atomic E-state index is 12.9. The highest BCUT2D eigenvalue weighted by atomic mass is 19.4. The molecule has 0 aromatic heterocycles. The number of ether oxygens (including phenoxy) is 2. The molecule has 0 bridgehead atoms. The van der Waals surface area contributed by atoms with Gasteiger partial charge in [-0.05, 0) is 42.7 Å². The van der Waals surface area contributed by atoms with E-state index >= 15 is 0 Å². The summed E-state index contributed by atoms with van der Waals surface area (Å²) < 4.78 is 49.3. The Bertz CT molecular complexity index is 979. The van der Waals surface area contributed by atoms with E-state index in [9.17, 15) is 22.8 Å². The van der Waals surface area contributed by atoms with Crippen LogP contribution in [0.1, 0.15) is 34.3 Å². The smallest absolute Gasteiger partial charge is 0.416 e. The molecule has 9 heteroatoms. The molecule has 178 valence electrons. The van der Waals surface area contributed by atoms with Crippen LogP contribution < -0.4 is 9.47 Å². The lowest BCUT2D eigenvalue weighted by Gasteiger charge is -2.33. The van der Waals surface area contributed by atoms with Crippen molar-refractivity contribution in [3.63, 3.8) is 0 Å². The highest BCUT2D eigenvalue weighted by Crippen LogP contribution is 2.30. The van der Waals surface area contributed by atoms with E-state index in [4.69, 9.17) is 9.47 Å². The zero-order chi connectivity index (χ0) is 24.2. The van der Waals surface area contributed by atoms with E-state index in [0.29, 0.717) is 48.6 Å². The Labute approximate surface area is 190 Å². The molecule has 1 fully saturated rings. The fourth-order valence-electron chi connectivity index (χ4n) is 3.95. The summed E-state index contributed by atoms with van der Waals surface area (Å²) in [5.41, 5.74) is 0.125. The minimum absolute atomic E-state index is 0.0888.